The minimum atomic E-state index is -2.22. The van der Waals surface area contributed by atoms with Crippen LogP contribution in [0.3, 0.4) is 0 Å². The Hall–Kier alpha value is -4.32. The van der Waals surface area contributed by atoms with Crippen LogP contribution in [0.5, 0.6) is 0 Å². The molecule has 0 aromatic rings. The number of hydroxylamine groups is 4. The first-order chi connectivity index (χ1) is 12.8. The number of carbonyl (C=O) groups is 8. The summed E-state index contributed by atoms with van der Waals surface area (Å²) in [5, 5.41) is 32.8. The standard InChI is InChI=1S/C10H8N2O16/c13-3(14)7(21)25-11(26-8(22)4(15)16)1-2-12(27-9(23)5(17)18)28-10(24)6(19)20/h1-2H2,(H,13,14)(H,15,16)(H,17,18)(H,19,20). The van der Waals surface area contributed by atoms with Crippen molar-refractivity contribution in [2.75, 3.05) is 13.1 Å². The average Bonchev–Trinajstić information content (AvgIpc) is 2.58. The van der Waals surface area contributed by atoms with Gasteiger partial charge in [-0.15, -0.1) is 0 Å². The SMILES string of the molecule is O=C(O)C(=O)ON(CCN(OC(=O)C(=O)O)OC(=O)C(=O)O)OC(=O)C(=O)O. The molecule has 0 aromatic heterocycles. The van der Waals surface area contributed by atoms with Crippen LogP contribution in [0.15, 0.2) is 0 Å². The smallest absolute Gasteiger partial charge is 0.438 e. The van der Waals surface area contributed by atoms with Crippen molar-refractivity contribution in [3.05, 3.63) is 0 Å². The Balaban J connectivity index is 5.27. The summed E-state index contributed by atoms with van der Waals surface area (Å²) in [5.41, 5.74) is 0. The van der Waals surface area contributed by atoms with Crippen LogP contribution in [0.4, 0.5) is 0 Å². The molecule has 0 aromatic carbocycles. The number of rotatable bonds is 7. The third-order valence-electron chi connectivity index (χ3n) is 1.90. The molecule has 0 atom stereocenters. The third kappa shape index (κ3) is 8.68. The fourth-order valence-corrected chi connectivity index (χ4v) is 0.909. The Morgan fingerprint density at radius 2 is 0.643 bits per heavy atom. The average molecular weight is 412 g/mol. The maximum Gasteiger partial charge on any atom is 0.438 e. The highest BCUT2D eigenvalue weighted by Crippen LogP contribution is 2.01. The normalized spacial score (nSPS) is 9.93. The van der Waals surface area contributed by atoms with E-state index in [9.17, 15) is 38.4 Å². The summed E-state index contributed by atoms with van der Waals surface area (Å²) in [6, 6.07) is 0. The highest BCUT2D eigenvalue weighted by molar-refractivity contribution is 6.30. The highest BCUT2D eigenvalue weighted by atomic mass is 17.0. The third-order valence-corrected chi connectivity index (χ3v) is 1.90. The van der Waals surface area contributed by atoms with E-state index in [0.29, 0.717) is 0 Å². The number of carboxylic acid groups (broad SMARTS) is 4. The molecule has 18 nitrogen and oxygen atoms in total. The molecule has 28 heavy (non-hydrogen) atoms. The Bertz CT molecular complexity index is 596. The van der Waals surface area contributed by atoms with Crippen molar-refractivity contribution < 1.29 is 78.1 Å². The van der Waals surface area contributed by atoms with Crippen LogP contribution in [0.2, 0.25) is 0 Å². The van der Waals surface area contributed by atoms with Gasteiger partial charge in [-0.2, -0.15) is 0 Å². The second kappa shape index (κ2) is 10.6. The maximum atomic E-state index is 10.9. The molecule has 0 aliphatic carbocycles. The molecule has 0 rings (SSSR count). The van der Waals surface area contributed by atoms with E-state index in [1.54, 1.807) is 0 Å². The lowest BCUT2D eigenvalue weighted by molar-refractivity contribution is -0.353. The molecule has 0 amide bonds. The van der Waals surface area contributed by atoms with Gasteiger partial charge in [0.1, 0.15) is 0 Å². The van der Waals surface area contributed by atoms with Gasteiger partial charge in [0.2, 0.25) is 0 Å². The number of carboxylic acids is 4. The minimum Gasteiger partial charge on any atom is -0.473 e. The van der Waals surface area contributed by atoms with Crippen LogP contribution in [0, 0.1) is 0 Å². The van der Waals surface area contributed by atoms with E-state index in [1.807, 2.05) is 0 Å². The topological polar surface area (TPSA) is 261 Å². The fourth-order valence-electron chi connectivity index (χ4n) is 0.909. The fraction of sp³-hybridized carbons (Fsp3) is 0.200. The molecular formula is C10H8N2O16. The Morgan fingerprint density at radius 1 is 0.464 bits per heavy atom. The van der Waals surface area contributed by atoms with E-state index in [2.05, 4.69) is 19.4 Å². The van der Waals surface area contributed by atoms with Gasteiger partial charge in [0.25, 0.3) is 0 Å². The van der Waals surface area contributed by atoms with Crippen molar-refractivity contribution >= 4 is 47.8 Å². The highest BCUT2D eigenvalue weighted by Gasteiger charge is 2.29. The molecule has 0 unspecified atom stereocenters. The molecule has 154 valence electrons. The molecule has 18 heteroatoms. The van der Waals surface area contributed by atoms with Gasteiger partial charge in [-0.05, 0) is 0 Å². The number of hydrogen-bond acceptors (Lipinski definition) is 14. The maximum absolute atomic E-state index is 10.9. The van der Waals surface area contributed by atoms with Crippen molar-refractivity contribution in [3.8, 4) is 0 Å². The van der Waals surface area contributed by atoms with Gasteiger partial charge in [0.05, 0.1) is 13.1 Å². The zero-order valence-electron chi connectivity index (χ0n) is 13.0. The number of nitrogens with zero attached hydrogens (tertiary/aromatic N) is 2. The van der Waals surface area contributed by atoms with Crippen LogP contribution >= 0.6 is 0 Å². The summed E-state index contributed by atoms with van der Waals surface area (Å²) in [5.74, 6) is -17.2. The quantitative estimate of drug-likeness (QED) is 0.228. The van der Waals surface area contributed by atoms with Gasteiger partial charge >= 0.3 is 47.8 Å². The van der Waals surface area contributed by atoms with Gasteiger partial charge in [-0.1, -0.05) is 0 Å². The van der Waals surface area contributed by atoms with E-state index in [1.165, 1.54) is 0 Å². The zero-order valence-corrected chi connectivity index (χ0v) is 13.0. The summed E-state index contributed by atoms with van der Waals surface area (Å²) >= 11 is 0. The van der Waals surface area contributed by atoms with Crippen molar-refractivity contribution in [1.82, 2.24) is 10.5 Å². The van der Waals surface area contributed by atoms with E-state index in [0.717, 1.165) is 0 Å². The van der Waals surface area contributed by atoms with Gasteiger partial charge in [-0.25, -0.2) is 38.4 Å². The van der Waals surface area contributed by atoms with Crippen LogP contribution in [-0.4, -0.2) is 91.7 Å². The van der Waals surface area contributed by atoms with Crippen LogP contribution in [0.1, 0.15) is 0 Å². The number of carbonyl (C=O) groups excluding carboxylic acids is 4. The first-order valence-corrected chi connectivity index (χ1v) is 6.21. The van der Waals surface area contributed by atoms with Gasteiger partial charge in [0.15, 0.2) is 0 Å². The first-order valence-electron chi connectivity index (χ1n) is 6.21. The van der Waals surface area contributed by atoms with Gasteiger partial charge < -0.3 is 39.8 Å². The molecule has 4 N–H and O–H groups in total. The molecule has 0 aliphatic rings. The predicted octanol–water partition coefficient (Wildman–Crippen LogP) is -4.24. The molecular weight excluding hydrogens is 404 g/mol. The lowest BCUT2D eigenvalue weighted by atomic mass is 10.6. The van der Waals surface area contributed by atoms with E-state index in [4.69, 9.17) is 20.4 Å². The van der Waals surface area contributed by atoms with Crippen molar-refractivity contribution in [1.29, 1.82) is 0 Å². The van der Waals surface area contributed by atoms with Crippen LogP contribution in [0.25, 0.3) is 0 Å². The van der Waals surface area contributed by atoms with E-state index >= 15 is 0 Å². The zero-order chi connectivity index (χ0) is 22.0. The molecule has 0 bridgehead atoms. The summed E-state index contributed by atoms with van der Waals surface area (Å²) in [6.07, 6.45) is 0. The molecule has 0 fully saturated rings. The summed E-state index contributed by atoms with van der Waals surface area (Å²) in [7, 11) is 0. The first kappa shape index (κ1) is 23.7. The molecule has 0 radical (unpaired) electrons. The van der Waals surface area contributed by atoms with Gasteiger partial charge in [0, 0.05) is 10.5 Å². The van der Waals surface area contributed by atoms with Crippen molar-refractivity contribution in [2.24, 2.45) is 0 Å². The van der Waals surface area contributed by atoms with Crippen LogP contribution < -0.4 is 0 Å². The van der Waals surface area contributed by atoms with Crippen molar-refractivity contribution in [3.63, 3.8) is 0 Å². The summed E-state index contributed by atoms with van der Waals surface area (Å²) in [6.45, 7) is -2.28. The van der Waals surface area contributed by atoms with E-state index in [-0.39, 0.29) is 10.5 Å². The predicted molar refractivity (Wildman–Crippen MR) is 68.3 cm³/mol. The summed E-state index contributed by atoms with van der Waals surface area (Å²) < 4.78 is 0. The van der Waals surface area contributed by atoms with Crippen molar-refractivity contribution in [2.45, 2.75) is 0 Å². The minimum absolute atomic E-state index is 0.372. The largest absolute Gasteiger partial charge is 0.473 e. The Labute approximate surface area is 150 Å². The second-order valence-electron chi connectivity index (χ2n) is 3.85. The number of aliphatic carboxylic acids is 4. The second-order valence-corrected chi connectivity index (χ2v) is 3.85. The Morgan fingerprint density at radius 3 is 0.786 bits per heavy atom. The van der Waals surface area contributed by atoms with Crippen LogP contribution in [-0.2, 0) is 57.7 Å². The lowest BCUT2D eigenvalue weighted by Crippen LogP contribution is -2.42. The van der Waals surface area contributed by atoms with Gasteiger partial charge in [-0.3, -0.25) is 0 Å². The lowest BCUT2D eigenvalue weighted by Gasteiger charge is -2.21. The molecule has 0 aliphatic heterocycles. The Kier molecular flexibility index (Phi) is 8.98. The molecule has 0 saturated heterocycles. The summed E-state index contributed by atoms with van der Waals surface area (Å²) in [4.78, 5) is 101. The number of hydrogen-bond donors (Lipinski definition) is 4. The van der Waals surface area contributed by atoms with E-state index < -0.39 is 60.8 Å². The molecule has 0 spiro atoms. The molecule has 0 heterocycles. The monoisotopic (exact) mass is 412 g/mol. The molecule has 0 saturated carbocycles.